The molecule has 59 heavy (non-hydrogen) atoms. The topological polar surface area (TPSA) is 281 Å². The van der Waals surface area contributed by atoms with Gasteiger partial charge in [0.15, 0.2) is 5.60 Å². The third-order valence-electron chi connectivity index (χ3n) is 9.74. The van der Waals surface area contributed by atoms with E-state index in [1.807, 2.05) is 0 Å². The number of aliphatic hydroxyl groups is 8. The molecular weight excluding hydrogens is 780 g/mol. The number of esters is 2. The zero-order chi connectivity index (χ0) is 42.9. The quantitative estimate of drug-likeness (QED) is 0.0759. The molecule has 9 N–H and O–H groups in total. The van der Waals surface area contributed by atoms with Gasteiger partial charge in [0.25, 0.3) is 0 Å². The Labute approximate surface area is 339 Å². The second-order valence-corrected chi connectivity index (χ2v) is 14.9. The fourth-order valence-corrected chi connectivity index (χ4v) is 6.51. The highest BCUT2D eigenvalue weighted by atomic mass is 16.7. The van der Waals surface area contributed by atoms with Gasteiger partial charge in [0, 0.05) is 0 Å². The molecule has 0 amide bonds. The summed E-state index contributed by atoms with van der Waals surface area (Å²) < 4.78 is 39.2. The summed E-state index contributed by atoms with van der Waals surface area (Å²) in [6.07, 6.45) is -14.6. The fourth-order valence-electron chi connectivity index (χ4n) is 6.51. The van der Waals surface area contributed by atoms with Gasteiger partial charge in [0.2, 0.25) is 12.6 Å². The van der Waals surface area contributed by atoms with E-state index in [2.05, 4.69) is 0 Å². The van der Waals surface area contributed by atoms with Crippen LogP contribution in [0.2, 0.25) is 0 Å². The summed E-state index contributed by atoms with van der Waals surface area (Å²) in [5, 5.41) is 91.4. The van der Waals surface area contributed by atoms with Crippen LogP contribution in [0.4, 0.5) is 0 Å². The third kappa shape index (κ3) is 12.1. The molecule has 0 unspecified atom stereocenters. The van der Waals surface area contributed by atoms with Gasteiger partial charge in [0.1, 0.15) is 79.3 Å². The van der Waals surface area contributed by atoms with Crippen LogP contribution in [0, 0.1) is 5.92 Å². The van der Waals surface area contributed by atoms with Crippen molar-refractivity contribution in [1.82, 2.24) is 0 Å². The molecule has 3 aromatic carbocycles. The summed E-state index contributed by atoms with van der Waals surface area (Å²) in [6.45, 7) is 1.79. The summed E-state index contributed by atoms with van der Waals surface area (Å²) in [5.41, 5.74) is -0.541. The molecule has 0 bridgehead atoms. The first-order chi connectivity index (χ1) is 28.1. The minimum atomic E-state index is -2.21. The predicted molar refractivity (Wildman–Crippen MR) is 201 cm³/mol. The SMILES string of the molecule is CC(C)C[C@@](O)(CC(=O)OCc1ccc(O[C@@H]2O[C@H](CO)[C@@H](O)[C@H](O)[C@H]2O)cc1)C(=O)OCc1ccc(O[C@@H]2O[C@H](CO)[C@@H](O)[C@H](O)[C@H]2OCc2ccc(O)cc2)cc1. The van der Waals surface area contributed by atoms with Crippen LogP contribution in [0.3, 0.4) is 0 Å². The lowest BCUT2D eigenvalue weighted by molar-refractivity contribution is -0.289. The zero-order valence-electron chi connectivity index (χ0n) is 32.4. The van der Waals surface area contributed by atoms with Gasteiger partial charge in [-0.1, -0.05) is 50.2 Å². The van der Waals surface area contributed by atoms with Crippen molar-refractivity contribution in [2.45, 2.75) is 114 Å². The van der Waals surface area contributed by atoms with Crippen LogP contribution in [-0.4, -0.2) is 138 Å². The van der Waals surface area contributed by atoms with E-state index in [4.69, 9.17) is 33.2 Å². The summed E-state index contributed by atoms with van der Waals surface area (Å²) in [7, 11) is 0. The maximum Gasteiger partial charge on any atom is 0.339 e. The Hall–Kier alpha value is -4.44. The van der Waals surface area contributed by atoms with Gasteiger partial charge in [-0.25, -0.2) is 4.79 Å². The number of hydrogen-bond donors (Lipinski definition) is 9. The van der Waals surface area contributed by atoms with Crippen LogP contribution in [0.1, 0.15) is 43.4 Å². The maximum absolute atomic E-state index is 13.3. The third-order valence-corrected chi connectivity index (χ3v) is 9.74. The smallest absolute Gasteiger partial charge is 0.339 e. The van der Waals surface area contributed by atoms with Gasteiger partial charge in [-0.3, -0.25) is 4.79 Å². The summed E-state index contributed by atoms with van der Waals surface area (Å²) in [4.78, 5) is 26.1. The molecule has 0 radical (unpaired) electrons. The lowest BCUT2D eigenvalue weighted by atomic mass is 9.89. The molecule has 2 aliphatic heterocycles. The van der Waals surface area contributed by atoms with E-state index in [1.54, 1.807) is 50.2 Å². The largest absolute Gasteiger partial charge is 0.508 e. The molecule has 0 spiro atoms. The maximum atomic E-state index is 13.3. The minimum Gasteiger partial charge on any atom is -0.508 e. The van der Waals surface area contributed by atoms with Crippen LogP contribution >= 0.6 is 0 Å². The van der Waals surface area contributed by atoms with E-state index < -0.39 is 98.6 Å². The number of benzene rings is 3. The average Bonchev–Trinajstić information content (AvgIpc) is 3.21. The van der Waals surface area contributed by atoms with Crippen molar-refractivity contribution in [3.05, 3.63) is 89.5 Å². The number of aliphatic hydroxyl groups excluding tert-OH is 7. The molecule has 3 aromatic rings. The van der Waals surface area contributed by atoms with E-state index in [-0.39, 0.29) is 49.4 Å². The highest BCUT2D eigenvalue weighted by molar-refractivity contribution is 5.85. The van der Waals surface area contributed by atoms with E-state index in [0.29, 0.717) is 16.7 Å². The molecular formula is C41H52O18. The van der Waals surface area contributed by atoms with E-state index in [1.165, 1.54) is 36.4 Å². The number of phenolic OH excluding ortho intramolecular Hbond substituents is 1. The molecule has 2 saturated heterocycles. The van der Waals surface area contributed by atoms with E-state index in [0.717, 1.165) is 0 Å². The van der Waals surface area contributed by atoms with Crippen molar-refractivity contribution in [3.8, 4) is 17.2 Å². The molecule has 0 aromatic heterocycles. The lowest BCUT2D eigenvalue weighted by Gasteiger charge is -2.41. The molecule has 18 nitrogen and oxygen atoms in total. The van der Waals surface area contributed by atoms with E-state index in [9.17, 15) is 55.5 Å². The lowest BCUT2D eigenvalue weighted by Crippen LogP contribution is -2.60. The van der Waals surface area contributed by atoms with Crippen LogP contribution in [-0.2, 0) is 53.1 Å². The Morgan fingerprint density at radius 1 is 0.644 bits per heavy atom. The number of phenols is 1. The van der Waals surface area contributed by atoms with Crippen molar-refractivity contribution in [2.24, 2.45) is 5.92 Å². The van der Waals surface area contributed by atoms with Crippen molar-refractivity contribution in [2.75, 3.05) is 13.2 Å². The van der Waals surface area contributed by atoms with Gasteiger partial charge in [-0.15, -0.1) is 0 Å². The Morgan fingerprint density at radius 3 is 1.66 bits per heavy atom. The second kappa shape index (κ2) is 20.7. The molecule has 2 heterocycles. The monoisotopic (exact) mass is 832 g/mol. The number of hydrogen-bond acceptors (Lipinski definition) is 18. The van der Waals surface area contributed by atoms with Gasteiger partial charge in [-0.05, 0) is 65.4 Å². The van der Waals surface area contributed by atoms with Crippen LogP contribution in [0.25, 0.3) is 0 Å². The van der Waals surface area contributed by atoms with Crippen molar-refractivity contribution >= 4 is 11.9 Å². The first kappa shape index (κ1) is 45.6. The van der Waals surface area contributed by atoms with Crippen LogP contribution in [0.5, 0.6) is 17.2 Å². The average molecular weight is 833 g/mol. The first-order valence-electron chi connectivity index (χ1n) is 19.0. The summed E-state index contributed by atoms with van der Waals surface area (Å²) >= 11 is 0. The van der Waals surface area contributed by atoms with E-state index >= 15 is 0 Å². The Kier molecular flexibility index (Phi) is 16.0. The molecule has 18 heteroatoms. The number of carbonyl (C=O) groups is 2. The molecule has 2 fully saturated rings. The van der Waals surface area contributed by atoms with Gasteiger partial charge in [-0.2, -0.15) is 0 Å². The highest BCUT2D eigenvalue weighted by Crippen LogP contribution is 2.29. The Morgan fingerprint density at radius 2 is 1.12 bits per heavy atom. The first-order valence-corrected chi connectivity index (χ1v) is 19.0. The molecule has 324 valence electrons. The Balaban J connectivity index is 1.13. The predicted octanol–water partition coefficient (Wildman–Crippen LogP) is -0.0720. The number of ether oxygens (including phenoxy) is 7. The summed E-state index contributed by atoms with van der Waals surface area (Å²) in [6, 6.07) is 18.4. The molecule has 2 aliphatic rings. The zero-order valence-corrected chi connectivity index (χ0v) is 32.4. The van der Waals surface area contributed by atoms with Crippen molar-refractivity contribution in [3.63, 3.8) is 0 Å². The standard InChI is InChI=1S/C41H52O18/c1-22(2)15-41(52,16-31(45)53-19-24-5-11-27(12-6-24)56-38-36(50)34(48)32(46)29(17-42)58-38)40(51)55-21-25-7-13-28(14-8-25)57-39-37(35(49)33(47)30(18-43)59-39)54-20-23-3-9-26(44)10-4-23/h3-14,22,29-30,32-39,42-44,46-50,52H,15-21H2,1-2H3/t29-,30-,32-,33-,34+,35+,36-,37-,38-,39-,41-/m1/s1. The molecule has 11 atom stereocenters. The molecule has 0 aliphatic carbocycles. The highest BCUT2D eigenvalue weighted by Gasteiger charge is 2.47. The van der Waals surface area contributed by atoms with Crippen LogP contribution in [0.15, 0.2) is 72.8 Å². The van der Waals surface area contributed by atoms with Gasteiger partial charge < -0.3 is 79.1 Å². The number of aromatic hydroxyl groups is 1. The van der Waals surface area contributed by atoms with Gasteiger partial charge in [0.05, 0.1) is 26.2 Å². The minimum absolute atomic E-state index is 0.0178. The van der Waals surface area contributed by atoms with Crippen molar-refractivity contribution in [1.29, 1.82) is 0 Å². The second-order valence-electron chi connectivity index (χ2n) is 14.9. The van der Waals surface area contributed by atoms with Crippen LogP contribution < -0.4 is 9.47 Å². The van der Waals surface area contributed by atoms with Gasteiger partial charge >= 0.3 is 11.9 Å². The normalized spacial score (nSPS) is 28.1. The summed E-state index contributed by atoms with van der Waals surface area (Å²) in [5.74, 6) is -1.60. The molecule has 5 rings (SSSR count). The number of carbonyl (C=O) groups excluding carboxylic acids is 2. The van der Waals surface area contributed by atoms with Crippen molar-refractivity contribution < 1.29 is 88.7 Å². The Bertz CT molecular complexity index is 1770. The fraction of sp³-hybridized carbons (Fsp3) is 0.512. The number of rotatable bonds is 18. The molecule has 0 saturated carbocycles.